The lowest BCUT2D eigenvalue weighted by molar-refractivity contribution is 0.520. The van der Waals surface area contributed by atoms with Gasteiger partial charge in [0.25, 0.3) is 0 Å². The van der Waals surface area contributed by atoms with Crippen molar-refractivity contribution in [3.63, 3.8) is 0 Å². The van der Waals surface area contributed by atoms with Crippen molar-refractivity contribution < 1.29 is 0 Å². The number of nitrogens with zero attached hydrogens (tertiary/aromatic N) is 2. The average molecular weight is 292 g/mol. The number of benzene rings is 1. The first-order chi connectivity index (χ1) is 9.67. The fourth-order valence-electron chi connectivity index (χ4n) is 2.43. The number of nitrogens with one attached hydrogen (secondary N) is 1. The SMILES string of the molecule is CCCn1nccc1C(NCC)c1ccc(C)cc1Cl. The van der Waals surface area contributed by atoms with Crippen molar-refractivity contribution in [3.8, 4) is 0 Å². The molecule has 0 spiro atoms. The molecule has 0 saturated heterocycles. The predicted octanol–water partition coefficient (Wildman–Crippen LogP) is 3.95. The van der Waals surface area contributed by atoms with Gasteiger partial charge in [0.2, 0.25) is 0 Å². The Balaban J connectivity index is 2.42. The van der Waals surface area contributed by atoms with Crippen LogP contribution < -0.4 is 5.32 Å². The van der Waals surface area contributed by atoms with Crippen LogP contribution in [-0.4, -0.2) is 16.3 Å². The number of aromatic nitrogens is 2. The molecule has 0 aliphatic heterocycles. The first-order valence-electron chi connectivity index (χ1n) is 7.18. The van der Waals surface area contributed by atoms with Crippen LogP contribution in [0, 0.1) is 6.92 Å². The van der Waals surface area contributed by atoms with E-state index in [4.69, 9.17) is 11.6 Å². The van der Waals surface area contributed by atoms with Crippen LogP contribution in [0.1, 0.15) is 43.1 Å². The minimum absolute atomic E-state index is 0.0853. The van der Waals surface area contributed by atoms with Crippen LogP contribution in [0.5, 0.6) is 0 Å². The summed E-state index contributed by atoms with van der Waals surface area (Å²) in [5.41, 5.74) is 3.45. The van der Waals surface area contributed by atoms with Gasteiger partial charge in [-0.25, -0.2) is 0 Å². The van der Waals surface area contributed by atoms with Crippen LogP contribution in [0.4, 0.5) is 0 Å². The van der Waals surface area contributed by atoms with Crippen LogP contribution >= 0.6 is 11.6 Å². The normalized spacial score (nSPS) is 12.6. The quantitative estimate of drug-likeness (QED) is 0.873. The van der Waals surface area contributed by atoms with Gasteiger partial charge < -0.3 is 5.32 Å². The summed E-state index contributed by atoms with van der Waals surface area (Å²) in [7, 11) is 0. The maximum atomic E-state index is 6.44. The van der Waals surface area contributed by atoms with Crippen molar-refractivity contribution in [1.29, 1.82) is 0 Å². The number of rotatable bonds is 6. The Hall–Kier alpha value is -1.32. The molecule has 2 rings (SSSR count). The van der Waals surface area contributed by atoms with Crippen molar-refractivity contribution in [3.05, 3.63) is 52.3 Å². The van der Waals surface area contributed by atoms with E-state index in [9.17, 15) is 0 Å². The van der Waals surface area contributed by atoms with E-state index in [1.165, 1.54) is 11.3 Å². The summed E-state index contributed by atoms with van der Waals surface area (Å²) < 4.78 is 2.06. The van der Waals surface area contributed by atoms with Gasteiger partial charge in [0.15, 0.2) is 0 Å². The molecule has 1 heterocycles. The molecule has 1 atom stereocenters. The Morgan fingerprint density at radius 1 is 1.30 bits per heavy atom. The Morgan fingerprint density at radius 3 is 2.75 bits per heavy atom. The topological polar surface area (TPSA) is 29.9 Å². The molecule has 0 aliphatic carbocycles. The smallest absolute Gasteiger partial charge is 0.0762 e. The predicted molar refractivity (Wildman–Crippen MR) is 84.2 cm³/mol. The molecule has 0 bridgehead atoms. The summed E-state index contributed by atoms with van der Waals surface area (Å²) >= 11 is 6.44. The lowest BCUT2D eigenvalue weighted by Crippen LogP contribution is -2.25. The zero-order valence-electron chi connectivity index (χ0n) is 12.4. The van der Waals surface area contributed by atoms with E-state index in [0.29, 0.717) is 0 Å². The molecule has 1 unspecified atom stereocenters. The minimum atomic E-state index is 0.0853. The maximum absolute atomic E-state index is 6.44. The molecular formula is C16H22ClN3. The Labute approximate surface area is 126 Å². The van der Waals surface area contributed by atoms with Gasteiger partial charge in [-0.2, -0.15) is 5.10 Å². The third-order valence-electron chi connectivity index (χ3n) is 3.36. The van der Waals surface area contributed by atoms with Gasteiger partial charge >= 0.3 is 0 Å². The first-order valence-corrected chi connectivity index (χ1v) is 7.56. The summed E-state index contributed by atoms with van der Waals surface area (Å²) in [4.78, 5) is 0. The van der Waals surface area contributed by atoms with Gasteiger partial charge in [-0.3, -0.25) is 4.68 Å². The van der Waals surface area contributed by atoms with Crippen LogP contribution in [-0.2, 0) is 6.54 Å². The lowest BCUT2D eigenvalue weighted by atomic mass is 10.0. The largest absolute Gasteiger partial charge is 0.305 e. The third-order valence-corrected chi connectivity index (χ3v) is 3.68. The second kappa shape index (κ2) is 6.91. The van der Waals surface area contributed by atoms with E-state index in [0.717, 1.165) is 30.1 Å². The summed E-state index contributed by atoms with van der Waals surface area (Å²) in [6.07, 6.45) is 2.92. The molecule has 1 N–H and O–H groups in total. The lowest BCUT2D eigenvalue weighted by Gasteiger charge is -2.21. The van der Waals surface area contributed by atoms with Gasteiger partial charge in [0.05, 0.1) is 11.7 Å². The van der Waals surface area contributed by atoms with Gasteiger partial charge in [0.1, 0.15) is 0 Å². The molecule has 1 aromatic heterocycles. The summed E-state index contributed by atoms with van der Waals surface area (Å²) in [6.45, 7) is 8.13. The van der Waals surface area contributed by atoms with Gasteiger partial charge in [-0.15, -0.1) is 0 Å². The molecule has 0 fully saturated rings. The number of hydrogen-bond acceptors (Lipinski definition) is 2. The second-order valence-corrected chi connectivity index (χ2v) is 5.40. The van der Waals surface area contributed by atoms with Crippen LogP contribution in [0.3, 0.4) is 0 Å². The second-order valence-electron chi connectivity index (χ2n) is 4.99. The molecule has 20 heavy (non-hydrogen) atoms. The fraction of sp³-hybridized carbons (Fsp3) is 0.438. The molecular weight excluding hydrogens is 270 g/mol. The standard InChI is InChI=1S/C16H22ClN3/c1-4-10-20-15(8-9-19-20)16(18-5-2)13-7-6-12(3)11-14(13)17/h6-9,11,16,18H,4-5,10H2,1-3H3. The Bertz CT molecular complexity index is 563. The molecule has 0 saturated carbocycles. The highest BCUT2D eigenvalue weighted by Gasteiger charge is 2.19. The van der Waals surface area contributed by atoms with E-state index in [2.05, 4.69) is 54.1 Å². The molecule has 0 radical (unpaired) electrons. The number of hydrogen-bond donors (Lipinski definition) is 1. The zero-order chi connectivity index (χ0) is 14.5. The van der Waals surface area contributed by atoms with Crippen molar-refractivity contribution in [2.24, 2.45) is 0 Å². The average Bonchev–Trinajstić information content (AvgIpc) is 2.85. The highest BCUT2D eigenvalue weighted by Crippen LogP contribution is 2.29. The first kappa shape index (κ1) is 15.1. The molecule has 4 heteroatoms. The molecule has 2 aromatic rings. The van der Waals surface area contributed by atoms with Crippen molar-refractivity contribution in [1.82, 2.24) is 15.1 Å². The molecule has 0 amide bonds. The van der Waals surface area contributed by atoms with E-state index in [1.807, 2.05) is 12.3 Å². The highest BCUT2D eigenvalue weighted by atomic mass is 35.5. The minimum Gasteiger partial charge on any atom is -0.305 e. The Kier molecular flexibility index (Phi) is 5.21. The zero-order valence-corrected chi connectivity index (χ0v) is 13.1. The van der Waals surface area contributed by atoms with E-state index >= 15 is 0 Å². The summed E-state index contributed by atoms with van der Waals surface area (Å²) in [5.74, 6) is 0. The van der Waals surface area contributed by atoms with Crippen LogP contribution in [0.25, 0.3) is 0 Å². The Morgan fingerprint density at radius 2 is 2.10 bits per heavy atom. The number of halogens is 1. The molecule has 0 aliphatic rings. The third kappa shape index (κ3) is 3.22. The fourth-order valence-corrected chi connectivity index (χ4v) is 2.78. The van der Waals surface area contributed by atoms with E-state index in [1.54, 1.807) is 0 Å². The van der Waals surface area contributed by atoms with Gasteiger partial charge in [0, 0.05) is 17.8 Å². The van der Waals surface area contributed by atoms with Crippen molar-refractivity contribution in [2.45, 2.75) is 39.8 Å². The summed E-state index contributed by atoms with van der Waals surface area (Å²) in [6, 6.07) is 8.38. The molecule has 1 aromatic carbocycles. The van der Waals surface area contributed by atoms with Crippen LogP contribution in [0.15, 0.2) is 30.5 Å². The molecule has 3 nitrogen and oxygen atoms in total. The van der Waals surface area contributed by atoms with E-state index < -0.39 is 0 Å². The van der Waals surface area contributed by atoms with Crippen LogP contribution in [0.2, 0.25) is 5.02 Å². The van der Waals surface area contributed by atoms with E-state index in [-0.39, 0.29) is 6.04 Å². The van der Waals surface area contributed by atoms with Gasteiger partial charge in [-0.1, -0.05) is 37.6 Å². The monoisotopic (exact) mass is 291 g/mol. The van der Waals surface area contributed by atoms with Crippen molar-refractivity contribution in [2.75, 3.05) is 6.54 Å². The maximum Gasteiger partial charge on any atom is 0.0762 e. The molecule has 108 valence electrons. The van der Waals surface area contributed by atoms with Crippen molar-refractivity contribution >= 4 is 11.6 Å². The highest BCUT2D eigenvalue weighted by molar-refractivity contribution is 6.31. The summed E-state index contributed by atoms with van der Waals surface area (Å²) in [5, 5.41) is 8.74. The number of aryl methyl sites for hydroxylation is 2. The van der Waals surface area contributed by atoms with Gasteiger partial charge in [-0.05, 0) is 43.1 Å².